The summed E-state index contributed by atoms with van der Waals surface area (Å²) in [6.07, 6.45) is 11.6. The summed E-state index contributed by atoms with van der Waals surface area (Å²) in [5.41, 5.74) is 0. The predicted molar refractivity (Wildman–Crippen MR) is 98.0 cm³/mol. The topological polar surface area (TPSA) is 63.1 Å². The van der Waals surface area contributed by atoms with Gasteiger partial charge < -0.3 is 14.8 Å². The van der Waals surface area contributed by atoms with Gasteiger partial charge in [0.2, 0.25) is 5.91 Å². The van der Waals surface area contributed by atoms with E-state index in [1.54, 1.807) is 6.33 Å². The molecule has 1 aromatic heterocycles. The van der Waals surface area contributed by atoms with Crippen molar-refractivity contribution in [1.82, 2.24) is 25.0 Å². The number of rotatable bonds is 6. The largest absolute Gasteiger partial charge is 0.346 e. The van der Waals surface area contributed by atoms with Crippen molar-refractivity contribution in [1.29, 1.82) is 0 Å². The lowest BCUT2D eigenvalue weighted by Gasteiger charge is -2.39. The Labute approximate surface area is 151 Å². The first-order valence-corrected chi connectivity index (χ1v) is 10.1. The maximum Gasteiger partial charge on any atom is 0.223 e. The fourth-order valence-electron chi connectivity index (χ4n) is 4.38. The molecule has 2 aliphatic rings. The zero-order chi connectivity index (χ0) is 17.6. The molecule has 1 aromatic rings. The molecule has 1 aliphatic heterocycles. The molecule has 1 N–H and O–H groups in total. The molecule has 1 atom stereocenters. The van der Waals surface area contributed by atoms with Gasteiger partial charge in [0, 0.05) is 18.5 Å². The minimum atomic E-state index is -0.0853. The van der Waals surface area contributed by atoms with Crippen molar-refractivity contribution < 1.29 is 4.79 Å². The van der Waals surface area contributed by atoms with Crippen LogP contribution >= 0.6 is 0 Å². The maximum absolute atomic E-state index is 12.7. The number of carbonyl (C=O) groups excluding carboxylic acids is 1. The van der Waals surface area contributed by atoms with E-state index in [0.717, 1.165) is 50.8 Å². The lowest BCUT2D eigenvalue weighted by Crippen LogP contribution is -2.45. The number of nitrogens with zero attached hydrogens (tertiary/aromatic N) is 4. The molecule has 25 heavy (non-hydrogen) atoms. The van der Waals surface area contributed by atoms with E-state index in [1.807, 2.05) is 11.5 Å². The van der Waals surface area contributed by atoms with E-state index in [0.29, 0.717) is 0 Å². The van der Waals surface area contributed by atoms with Crippen molar-refractivity contribution >= 4 is 5.91 Å². The van der Waals surface area contributed by atoms with Crippen LogP contribution in [0.15, 0.2) is 6.33 Å². The second kappa shape index (κ2) is 8.79. The van der Waals surface area contributed by atoms with Gasteiger partial charge in [0.1, 0.15) is 6.33 Å². The molecule has 1 unspecified atom stereocenters. The molecule has 1 aliphatic carbocycles. The van der Waals surface area contributed by atoms with Gasteiger partial charge in [-0.15, -0.1) is 10.2 Å². The van der Waals surface area contributed by atoms with Gasteiger partial charge in [-0.25, -0.2) is 0 Å². The van der Waals surface area contributed by atoms with Crippen LogP contribution in [0.25, 0.3) is 0 Å². The minimum absolute atomic E-state index is 0.0853. The lowest BCUT2D eigenvalue weighted by atomic mass is 9.89. The SMILES string of the molecule is CCCn1cnnc1C(C)NC(=O)C1CCN(C2CCCCC2)CC1. The fraction of sp³-hybridized carbons (Fsp3) is 0.842. The number of aryl methyl sites for hydroxylation is 1. The Balaban J connectivity index is 1.48. The molecule has 2 heterocycles. The van der Waals surface area contributed by atoms with E-state index >= 15 is 0 Å². The number of carbonyl (C=O) groups is 1. The van der Waals surface area contributed by atoms with E-state index in [4.69, 9.17) is 0 Å². The molecule has 0 aromatic carbocycles. The van der Waals surface area contributed by atoms with Crippen LogP contribution in [0.2, 0.25) is 0 Å². The number of likely N-dealkylation sites (tertiary alicyclic amines) is 1. The summed E-state index contributed by atoms with van der Waals surface area (Å²) < 4.78 is 2.04. The van der Waals surface area contributed by atoms with Crippen molar-refractivity contribution in [3.05, 3.63) is 12.2 Å². The van der Waals surface area contributed by atoms with Gasteiger partial charge in [0.15, 0.2) is 5.82 Å². The molecule has 2 fully saturated rings. The Hall–Kier alpha value is -1.43. The van der Waals surface area contributed by atoms with E-state index in [9.17, 15) is 4.79 Å². The van der Waals surface area contributed by atoms with Crippen molar-refractivity contribution in [3.63, 3.8) is 0 Å². The molecule has 6 heteroatoms. The molecular weight excluding hydrogens is 314 g/mol. The molecule has 140 valence electrons. The highest BCUT2D eigenvalue weighted by molar-refractivity contribution is 5.79. The van der Waals surface area contributed by atoms with Crippen LogP contribution in [-0.4, -0.2) is 44.7 Å². The molecule has 0 radical (unpaired) electrons. The van der Waals surface area contributed by atoms with Crippen molar-refractivity contribution in [2.24, 2.45) is 5.92 Å². The molecule has 0 spiro atoms. The highest BCUT2D eigenvalue weighted by Crippen LogP contribution is 2.27. The van der Waals surface area contributed by atoms with Gasteiger partial charge in [-0.3, -0.25) is 4.79 Å². The normalized spacial score (nSPS) is 22.0. The smallest absolute Gasteiger partial charge is 0.223 e. The summed E-state index contributed by atoms with van der Waals surface area (Å²) in [6.45, 7) is 7.17. The molecule has 1 saturated carbocycles. The molecule has 6 nitrogen and oxygen atoms in total. The van der Waals surface area contributed by atoms with E-state index in [2.05, 4.69) is 27.3 Å². The Bertz CT molecular complexity index is 544. The Morgan fingerprint density at radius 2 is 1.96 bits per heavy atom. The fourth-order valence-corrected chi connectivity index (χ4v) is 4.38. The highest BCUT2D eigenvalue weighted by atomic mass is 16.2. The maximum atomic E-state index is 12.7. The molecule has 0 bridgehead atoms. The van der Waals surface area contributed by atoms with Crippen LogP contribution in [0.1, 0.15) is 77.1 Å². The van der Waals surface area contributed by atoms with Gasteiger partial charge >= 0.3 is 0 Å². The first-order valence-electron chi connectivity index (χ1n) is 10.1. The van der Waals surface area contributed by atoms with Gasteiger partial charge in [0.25, 0.3) is 0 Å². The number of hydrogen-bond acceptors (Lipinski definition) is 4. The minimum Gasteiger partial charge on any atom is -0.346 e. The summed E-state index contributed by atoms with van der Waals surface area (Å²) in [6, 6.07) is 0.683. The summed E-state index contributed by atoms with van der Waals surface area (Å²) in [7, 11) is 0. The summed E-state index contributed by atoms with van der Waals surface area (Å²) in [5, 5.41) is 11.4. The van der Waals surface area contributed by atoms with Crippen LogP contribution in [0.5, 0.6) is 0 Å². The highest BCUT2D eigenvalue weighted by Gasteiger charge is 2.30. The third kappa shape index (κ3) is 4.60. The monoisotopic (exact) mass is 347 g/mol. The zero-order valence-corrected chi connectivity index (χ0v) is 15.8. The quantitative estimate of drug-likeness (QED) is 0.859. The molecule has 1 saturated heterocycles. The van der Waals surface area contributed by atoms with Crippen molar-refractivity contribution in [2.45, 2.75) is 83.8 Å². The number of piperidine rings is 1. The summed E-state index contributed by atoms with van der Waals surface area (Å²) >= 11 is 0. The first-order chi connectivity index (χ1) is 12.2. The van der Waals surface area contributed by atoms with Crippen LogP contribution in [0.3, 0.4) is 0 Å². The average Bonchev–Trinajstić information content (AvgIpc) is 3.11. The van der Waals surface area contributed by atoms with E-state index in [-0.39, 0.29) is 17.9 Å². The number of aromatic nitrogens is 3. The lowest BCUT2D eigenvalue weighted by molar-refractivity contribution is -0.127. The number of nitrogens with one attached hydrogen (secondary N) is 1. The van der Waals surface area contributed by atoms with E-state index in [1.165, 1.54) is 32.1 Å². The van der Waals surface area contributed by atoms with Crippen molar-refractivity contribution in [3.8, 4) is 0 Å². The van der Waals surface area contributed by atoms with E-state index < -0.39 is 0 Å². The second-order valence-electron chi connectivity index (χ2n) is 7.71. The zero-order valence-electron chi connectivity index (χ0n) is 15.8. The van der Waals surface area contributed by atoms with Gasteiger partial charge in [-0.2, -0.15) is 0 Å². The molecular formula is C19H33N5O. The molecule has 1 amide bonds. The number of hydrogen-bond donors (Lipinski definition) is 1. The summed E-state index contributed by atoms with van der Waals surface area (Å²) in [5.74, 6) is 1.18. The van der Waals surface area contributed by atoms with Crippen LogP contribution in [-0.2, 0) is 11.3 Å². The molecule has 3 rings (SSSR count). The third-order valence-corrected chi connectivity index (χ3v) is 5.85. The summed E-state index contributed by atoms with van der Waals surface area (Å²) in [4.78, 5) is 15.3. The number of amides is 1. The average molecular weight is 348 g/mol. The van der Waals surface area contributed by atoms with Crippen LogP contribution in [0, 0.1) is 5.92 Å². The second-order valence-corrected chi connectivity index (χ2v) is 7.71. The van der Waals surface area contributed by atoms with Crippen molar-refractivity contribution in [2.75, 3.05) is 13.1 Å². The van der Waals surface area contributed by atoms with Crippen LogP contribution in [0.4, 0.5) is 0 Å². The Morgan fingerprint density at radius 3 is 2.64 bits per heavy atom. The first kappa shape index (κ1) is 18.4. The predicted octanol–water partition coefficient (Wildman–Crippen LogP) is 2.91. The van der Waals surface area contributed by atoms with Gasteiger partial charge in [-0.05, 0) is 52.1 Å². The van der Waals surface area contributed by atoms with Gasteiger partial charge in [-0.1, -0.05) is 26.2 Å². The third-order valence-electron chi connectivity index (χ3n) is 5.85. The van der Waals surface area contributed by atoms with Gasteiger partial charge in [0.05, 0.1) is 6.04 Å². The standard InChI is InChI=1S/C19H33N5O/c1-3-11-24-14-20-22-18(24)15(2)21-19(25)16-9-12-23(13-10-16)17-7-5-4-6-8-17/h14-17H,3-13H2,1-2H3,(H,21,25). The Kier molecular flexibility index (Phi) is 6.45. The Morgan fingerprint density at radius 1 is 1.24 bits per heavy atom. The van der Waals surface area contributed by atoms with Crippen LogP contribution < -0.4 is 5.32 Å².